The van der Waals surface area contributed by atoms with Gasteiger partial charge in [0.2, 0.25) is 6.29 Å². The third-order valence-corrected chi connectivity index (χ3v) is 4.71. The first-order chi connectivity index (χ1) is 13.8. The fourth-order valence-electron chi connectivity index (χ4n) is 3.22. The van der Waals surface area contributed by atoms with Gasteiger partial charge in [0.05, 0.1) is 13.2 Å². The Labute approximate surface area is 163 Å². The van der Waals surface area contributed by atoms with Crippen LogP contribution in [0.4, 0.5) is 0 Å². The van der Waals surface area contributed by atoms with Crippen LogP contribution in [-0.2, 0) is 14.5 Å². The van der Waals surface area contributed by atoms with Gasteiger partial charge < -0.3 is 14.6 Å². The van der Waals surface area contributed by atoms with E-state index in [0.717, 1.165) is 27.5 Å². The standard InChI is InChI=1S/C23H22O5/c1-16(17-9-11-19(12-10-17)25-14-13-24)22-15-26-23(28-27-22)21-8-4-6-18-5-2-3-7-20(18)21/h2-12,22-24H,1,13-15H2. The van der Waals surface area contributed by atoms with Crippen molar-refractivity contribution in [2.45, 2.75) is 12.4 Å². The fourth-order valence-corrected chi connectivity index (χ4v) is 3.22. The first kappa shape index (κ1) is 18.7. The summed E-state index contributed by atoms with van der Waals surface area (Å²) >= 11 is 0. The highest BCUT2D eigenvalue weighted by molar-refractivity contribution is 5.85. The molecule has 1 heterocycles. The quantitative estimate of drug-likeness (QED) is 0.649. The Kier molecular flexibility index (Phi) is 5.69. The van der Waals surface area contributed by atoms with Gasteiger partial charge in [0, 0.05) is 5.56 Å². The molecule has 0 radical (unpaired) electrons. The third kappa shape index (κ3) is 3.93. The summed E-state index contributed by atoms with van der Waals surface area (Å²) < 4.78 is 11.3. The topological polar surface area (TPSA) is 57.2 Å². The van der Waals surface area contributed by atoms with Gasteiger partial charge in [0.1, 0.15) is 18.5 Å². The molecule has 0 amide bonds. The summed E-state index contributed by atoms with van der Waals surface area (Å²) in [7, 11) is 0. The maximum atomic E-state index is 8.82. The van der Waals surface area contributed by atoms with Crippen LogP contribution in [0, 0.1) is 0 Å². The molecule has 3 aromatic rings. The molecule has 144 valence electrons. The van der Waals surface area contributed by atoms with Crippen molar-refractivity contribution in [1.82, 2.24) is 0 Å². The van der Waals surface area contributed by atoms with E-state index in [0.29, 0.717) is 12.4 Å². The summed E-state index contributed by atoms with van der Waals surface area (Å²) in [6, 6.07) is 21.6. The second-order valence-corrected chi connectivity index (χ2v) is 6.54. The Balaban J connectivity index is 1.41. The molecule has 0 bridgehead atoms. The Morgan fingerprint density at radius 3 is 2.54 bits per heavy atom. The zero-order valence-electron chi connectivity index (χ0n) is 15.4. The van der Waals surface area contributed by atoms with Gasteiger partial charge in [0.25, 0.3) is 0 Å². The van der Waals surface area contributed by atoms with E-state index >= 15 is 0 Å². The number of ether oxygens (including phenoxy) is 2. The normalized spacial score (nSPS) is 19.5. The molecule has 1 N–H and O–H groups in total. The van der Waals surface area contributed by atoms with Crippen molar-refractivity contribution in [2.75, 3.05) is 19.8 Å². The first-order valence-corrected chi connectivity index (χ1v) is 9.20. The molecular weight excluding hydrogens is 356 g/mol. The molecule has 2 atom stereocenters. The van der Waals surface area contributed by atoms with Crippen molar-refractivity contribution in [3.63, 3.8) is 0 Å². The zero-order chi connectivity index (χ0) is 19.3. The van der Waals surface area contributed by atoms with Crippen LogP contribution in [-0.4, -0.2) is 31.0 Å². The predicted octanol–water partition coefficient (Wildman–Crippen LogP) is 4.27. The molecular formula is C23H22O5. The average molecular weight is 378 g/mol. The smallest absolute Gasteiger partial charge is 0.218 e. The number of rotatable bonds is 6. The van der Waals surface area contributed by atoms with Gasteiger partial charge in [-0.3, -0.25) is 0 Å². The minimum Gasteiger partial charge on any atom is -0.491 e. The van der Waals surface area contributed by atoms with E-state index in [1.807, 2.05) is 54.6 Å². The number of aliphatic hydroxyl groups is 1. The molecule has 5 heteroatoms. The van der Waals surface area contributed by atoms with Gasteiger partial charge >= 0.3 is 0 Å². The Hall–Kier alpha value is -2.70. The van der Waals surface area contributed by atoms with E-state index in [2.05, 4.69) is 18.7 Å². The lowest BCUT2D eigenvalue weighted by Gasteiger charge is -2.30. The summed E-state index contributed by atoms with van der Waals surface area (Å²) in [6.45, 7) is 4.72. The van der Waals surface area contributed by atoms with Gasteiger partial charge in [-0.15, -0.1) is 0 Å². The van der Waals surface area contributed by atoms with Crippen LogP contribution in [0.25, 0.3) is 16.3 Å². The number of fused-ring (bicyclic) bond motifs is 1. The van der Waals surface area contributed by atoms with Crippen LogP contribution in [0.3, 0.4) is 0 Å². The molecule has 2 unspecified atom stereocenters. The molecule has 5 nitrogen and oxygen atoms in total. The second kappa shape index (κ2) is 8.54. The van der Waals surface area contributed by atoms with Crippen molar-refractivity contribution in [3.8, 4) is 5.75 Å². The number of hydrogen-bond donors (Lipinski definition) is 1. The van der Waals surface area contributed by atoms with Crippen LogP contribution in [0.2, 0.25) is 0 Å². The molecule has 1 aliphatic heterocycles. The molecule has 0 aromatic heterocycles. The van der Waals surface area contributed by atoms with E-state index in [1.165, 1.54) is 0 Å². The number of hydrogen-bond acceptors (Lipinski definition) is 5. The lowest BCUT2D eigenvalue weighted by Crippen LogP contribution is -2.30. The summed E-state index contributed by atoms with van der Waals surface area (Å²) in [4.78, 5) is 11.2. The maximum absolute atomic E-state index is 8.82. The van der Waals surface area contributed by atoms with Crippen LogP contribution in [0.1, 0.15) is 17.4 Å². The second-order valence-electron chi connectivity index (χ2n) is 6.54. The molecule has 0 spiro atoms. The molecule has 0 saturated carbocycles. The largest absolute Gasteiger partial charge is 0.491 e. The Bertz CT molecular complexity index is 937. The minimum absolute atomic E-state index is 0.0169. The lowest BCUT2D eigenvalue weighted by atomic mass is 10.0. The summed E-state index contributed by atoms with van der Waals surface area (Å²) in [5, 5.41) is 11.0. The van der Waals surface area contributed by atoms with Crippen LogP contribution in [0.15, 0.2) is 73.3 Å². The van der Waals surface area contributed by atoms with E-state index in [4.69, 9.17) is 24.4 Å². The fraction of sp³-hybridized carbons (Fsp3) is 0.217. The van der Waals surface area contributed by atoms with Gasteiger partial charge in [0.15, 0.2) is 0 Å². The molecule has 1 saturated heterocycles. The van der Waals surface area contributed by atoms with Gasteiger partial charge in [-0.05, 0) is 34.0 Å². The molecule has 28 heavy (non-hydrogen) atoms. The van der Waals surface area contributed by atoms with E-state index in [1.54, 1.807) is 0 Å². The minimum atomic E-state index is -0.579. The summed E-state index contributed by atoms with van der Waals surface area (Å²) in [6.07, 6.45) is -0.972. The van der Waals surface area contributed by atoms with Crippen molar-refractivity contribution in [3.05, 3.63) is 84.4 Å². The number of benzene rings is 3. The van der Waals surface area contributed by atoms with E-state index < -0.39 is 12.4 Å². The molecule has 4 rings (SSSR count). The van der Waals surface area contributed by atoms with Crippen molar-refractivity contribution < 1.29 is 24.4 Å². The van der Waals surface area contributed by atoms with Crippen molar-refractivity contribution >= 4 is 16.3 Å². The van der Waals surface area contributed by atoms with Crippen molar-refractivity contribution in [1.29, 1.82) is 0 Å². The van der Waals surface area contributed by atoms with Crippen LogP contribution < -0.4 is 4.74 Å². The SMILES string of the molecule is C=C(c1ccc(OCCO)cc1)C1COC(c2cccc3ccccc23)OO1. The summed E-state index contributed by atoms with van der Waals surface area (Å²) in [5.74, 6) is 0.693. The highest BCUT2D eigenvalue weighted by atomic mass is 17.2. The first-order valence-electron chi connectivity index (χ1n) is 9.20. The zero-order valence-corrected chi connectivity index (χ0v) is 15.4. The van der Waals surface area contributed by atoms with Gasteiger partial charge in [-0.1, -0.05) is 61.2 Å². The van der Waals surface area contributed by atoms with Gasteiger partial charge in [-0.2, -0.15) is 4.89 Å². The molecule has 1 fully saturated rings. The van der Waals surface area contributed by atoms with Crippen LogP contribution >= 0.6 is 0 Å². The van der Waals surface area contributed by atoms with Gasteiger partial charge in [-0.25, -0.2) is 4.89 Å². The Morgan fingerprint density at radius 2 is 1.79 bits per heavy atom. The maximum Gasteiger partial charge on any atom is 0.218 e. The highest BCUT2D eigenvalue weighted by Crippen LogP contribution is 2.33. The molecule has 0 aliphatic carbocycles. The molecule has 1 aliphatic rings. The van der Waals surface area contributed by atoms with Crippen LogP contribution in [0.5, 0.6) is 5.75 Å². The van der Waals surface area contributed by atoms with E-state index in [9.17, 15) is 0 Å². The predicted molar refractivity (Wildman–Crippen MR) is 107 cm³/mol. The highest BCUT2D eigenvalue weighted by Gasteiger charge is 2.28. The summed E-state index contributed by atoms with van der Waals surface area (Å²) in [5.41, 5.74) is 2.62. The average Bonchev–Trinajstić information content (AvgIpc) is 2.77. The molecule has 3 aromatic carbocycles. The van der Waals surface area contributed by atoms with E-state index in [-0.39, 0.29) is 13.2 Å². The Morgan fingerprint density at radius 1 is 1.00 bits per heavy atom. The number of aliphatic hydroxyl groups excluding tert-OH is 1. The monoisotopic (exact) mass is 378 g/mol. The third-order valence-electron chi connectivity index (χ3n) is 4.71. The van der Waals surface area contributed by atoms with Crippen molar-refractivity contribution in [2.24, 2.45) is 0 Å². The lowest BCUT2D eigenvalue weighted by molar-refractivity contribution is -0.435.